The van der Waals surface area contributed by atoms with Crippen LogP contribution in [0.15, 0.2) is 90.0 Å². The zero-order valence-corrected chi connectivity index (χ0v) is 24.0. The number of phenolic OH excluding ortho intramolecular Hbond substituents is 1. The number of nitro groups is 1. The molecule has 0 radical (unpaired) electrons. The van der Waals surface area contributed by atoms with Gasteiger partial charge >= 0.3 is 0 Å². The smallest absolute Gasteiger partial charge is 0.275 e. The number of amides is 3. The van der Waals surface area contributed by atoms with Crippen LogP contribution in [-0.4, -0.2) is 34.0 Å². The fourth-order valence-corrected chi connectivity index (χ4v) is 7.52. The summed E-state index contributed by atoms with van der Waals surface area (Å²) in [5, 5.41) is 26.2. The molecular formula is C32H20Cl2N4O6. The van der Waals surface area contributed by atoms with Crippen LogP contribution in [0.3, 0.4) is 0 Å². The fourth-order valence-electron chi connectivity index (χ4n) is 7.02. The molecule has 2 N–H and O–H groups in total. The van der Waals surface area contributed by atoms with Gasteiger partial charge in [-0.2, -0.15) is 5.10 Å². The number of imide groups is 1. The second kappa shape index (κ2) is 10.0. The third-order valence-corrected chi connectivity index (χ3v) is 9.24. The number of hydrogen-bond donors (Lipinski definition) is 2. The van der Waals surface area contributed by atoms with Gasteiger partial charge in [0.05, 0.1) is 38.4 Å². The Morgan fingerprint density at radius 2 is 1.61 bits per heavy atom. The number of nitro benzene ring substituents is 1. The molecule has 4 aromatic carbocycles. The maximum Gasteiger partial charge on any atom is 0.275 e. The van der Waals surface area contributed by atoms with Crippen molar-refractivity contribution in [2.75, 3.05) is 4.90 Å². The molecule has 4 aliphatic rings. The lowest BCUT2D eigenvalue weighted by molar-refractivity contribution is -0.384. The normalized spacial score (nSPS) is 23.0. The number of phenols is 1. The quantitative estimate of drug-likeness (QED) is 0.128. The molecule has 0 saturated carbocycles. The van der Waals surface area contributed by atoms with E-state index in [0.29, 0.717) is 5.02 Å². The molecule has 3 amide bonds. The van der Waals surface area contributed by atoms with Crippen molar-refractivity contribution < 1.29 is 24.4 Å². The van der Waals surface area contributed by atoms with Gasteiger partial charge in [0.2, 0.25) is 11.8 Å². The number of non-ortho nitro benzene ring substituents is 1. The highest BCUT2D eigenvalue weighted by molar-refractivity contribution is 6.38. The Morgan fingerprint density at radius 3 is 2.25 bits per heavy atom. The van der Waals surface area contributed by atoms with Crippen molar-refractivity contribution in [2.45, 2.75) is 11.3 Å². The molecule has 1 heterocycles. The van der Waals surface area contributed by atoms with Crippen LogP contribution in [-0.2, 0) is 15.0 Å². The largest absolute Gasteiger partial charge is 0.507 e. The molecule has 4 aromatic rings. The van der Waals surface area contributed by atoms with E-state index in [1.165, 1.54) is 18.3 Å². The number of nitrogens with zero attached hydrogens (tertiary/aromatic N) is 3. The minimum absolute atomic E-state index is 0.145. The van der Waals surface area contributed by atoms with E-state index in [2.05, 4.69) is 10.5 Å². The maximum atomic E-state index is 14.4. The van der Waals surface area contributed by atoms with Crippen LogP contribution in [0.25, 0.3) is 0 Å². The first kappa shape index (κ1) is 27.8. The first-order valence-electron chi connectivity index (χ1n) is 13.5. The van der Waals surface area contributed by atoms with E-state index >= 15 is 0 Å². The van der Waals surface area contributed by atoms with Crippen molar-refractivity contribution in [1.82, 2.24) is 5.43 Å². The molecule has 10 nitrogen and oxygen atoms in total. The van der Waals surface area contributed by atoms with Crippen LogP contribution in [0, 0.1) is 22.0 Å². The summed E-state index contributed by atoms with van der Waals surface area (Å²) in [5.41, 5.74) is 3.77. The summed E-state index contributed by atoms with van der Waals surface area (Å²) in [6, 6.07) is 22.6. The number of rotatable bonds is 5. The van der Waals surface area contributed by atoms with Crippen molar-refractivity contribution >= 4 is 58.5 Å². The van der Waals surface area contributed by atoms with Crippen molar-refractivity contribution in [2.24, 2.45) is 16.9 Å². The van der Waals surface area contributed by atoms with Crippen molar-refractivity contribution in [3.8, 4) is 5.75 Å². The minimum atomic E-state index is -1.29. The van der Waals surface area contributed by atoms with Gasteiger partial charge in [-0.3, -0.25) is 24.5 Å². The van der Waals surface area contributed by atoms with Crippen LogP contribution in [0.5, 0.6) is 5.75 Å². The first-order valence-corrected chi connectivity index (χ1v) is 14.2. The molecule has 218 valence electrons. The molecule has 8 rings (SSSR count). The molecule has 12 heteroatoms. The third-order valence-electron chi connectivity index (χ3n) is 8.70. The van der Waals surface area contributed by atoms with Crippen LogP contribution in [0.2, 0.25) is 10.0 Å². The van der Waals surface area contributed by atoms with Crippen molar-refractivity contribution in [1.29, 1.82) is 0 Å². The second-order valence-corrected chi connectivity index (χ2v) is 11.6. The summed E-state index contributed by atoms with van der Waals surface area (Å²) in [6.07, 6.45) is 1.45. The summed E-state index contributed by atoms with van der Waals surface area (Å²) in [4.78, 5) is 53.4. The number of carbonyl (C=O) groups excluding carboxylic acids is 3. The van der Waals surface area contributed by atoms with Crippen LogP contribution in [0.1, 0.15) is 38.5 Å². The SMILES string of the molecule is O=C(N/N=C\C12c3ccccc3C(c3ccccc31)[C@H]1C(=O)N(c3ccc(Cl)cc3Cl)C(=O)[C@@H]12)c1cc([N+](=O)[O-])ccc1O. The highest BCUT2D eigenvalue weighted by Crippen LogP contribution is 2.63. The summed E-state index contributed by atoms with van der Waals surface area (Å²) < 4.78 is 0. The molecule has 0 spiro atoms. The number of nitrogens with one attached hydrogen (secondary N) is 1. The molecule has 2 atom stereocenters. The Kier molecular flexibility index (Phi) is 6.31. The standard InChI is InChI=1S/C32H20Cl2N4O6/c33-16-9-11-24(23(34)13-16)37-30(41)27-26-18-5-1-3-7-21(18)32(28(27)31(37)42,22-8-4-2-6-19(22)26)15-35-36-29(40)20-14-17(38(43)44)10-12-25(20)39/h1-15,26-28,39H,(H,36,40)/b35-15-/t26?,27-,28-,32?/m1/s1. The fraction of sp³-hybridized carbons (Fsp3) is 0.125. The molecule has 3 aliphatic carbocycles. The van der Waals surface area contributed by atoms with Gasteiger partial charge in [0.15, 0.2) is 0 Å². The molecule has 1 fully saturated rings. The lowest BCUT2D eigenvalue weighted by Gasteiger charge is -2.52. The van der Waals surface area contributed by atoms with Crippen molar-refractivity contribution in [3.05, 3.63) is 133 Å². The van der Waals surface area contributed by atoms with Gasteiger partial charge in [0.1, 0.15) is 5.75 Å². The first-order chi connectivity index (χ1) is 21.1. The summed E-state index contributed by atoms with van der Waals surface area (Å²) in [5.74, 6) is -4.43. The van der Waals surface area contributed by atoms with Gasteiger partial charge in [0.25, 0.3) is 11.6 Å². The molecule has 2 bridgehead atoms. The summed E-state index contributed by atoms with van der Waals surface area (Å²) in [7, 11) is 0. The second-order valence-electron chi connectivity index (χ2n) is 10.8. The average Bonchev–Trinajstić information content (AvgIpc) is 3.28. The highest BCUT2D eigenvalue weighted by Gasteiger charge is 2.68. The highest BCUT2D eigenvalue weighted by atomic mass is 35.5. The molecule has 44 heavy (non-hydrogen) atoms. The number of hydrazone groups is 1. The van der Waals surface area contributed by atoms with E-state index in [4.69, 9.17) is 23.2 Å². The zero-order chi connectivity index (χ0) is 30.9. The molecule has 1 aliphatic heterocycles. The number of anilines is 1. The molecule has 0 unspecified atom stereocenters. The van der Waals surface area contributed by atoms with E-state index in [9.17, 15) is 29.6 Å². The topological polar surface area (TPSA) is 142 Å². The number of aromatic hydroxyl groups is 1. The van der Waals surface area contributed by atoms with Gasteiger partial charge in [-0.15, -0.1) is 0 Å². The van der Waals surface area contributed by atoms with Gasteiger partial charge in [-0.1, -0.05) is 71.7 Å². The van der Waals surface area contributed by atoms with Crippen LogP contribution < -0.4 is 10.3 Å². The average molecular weight is 627 g/mol. The monoisotopic (exact) mass is 626 g/mol. The van der Waals surface area contributed by atoms with Crippen LogP contribution in [0.4, 0.5) is 11.4 Å². The maximum absolute atomic E-state index is 14.4. The van der Waals surface area contributed by atoms with E-state index in [0.717, 1.165) is 45.4 Å². The van der Waals surface area contributed by atoms with Crippen molar-refractivity contribution in [3.63, 3.8) is 0 Å². The molecule has 1 saturated heterocycles. The van der Waals surface area contributed by atoms with E-state index in [1.54, 1.807) is 6.07 Å². The van der Waals surface area contributed by atoms with Crippen LogP contribution >= 0.6 is 23.2 Å². The Morgan fingerprint density at radius 1 is 0.955 bits per heavy atom. The number of hydrogen-bond acceptors (Lipinski definition) is 7. The predicted octanol–water partition coefficient (Wildman–Crippen LogP) is 5.57. The zero-order valence-electron chi connectivity index (χ0n) is 22.5. The van der Waals surface area contributed by atoms with Gasteiger partial charge in [-0.05, 0) is 46.5 Å². The Hall–Kier alpha value is -5.06. The number of carbonyl (C=O) groups is 3. The van der Waals surface area contributed by atoms with E-state index < -0.39 is 51.6 Å². The minimum Gasteiger partial charge on any atom is -0.507 e. The van der Waals surface area contributed by atoms with Gasteiger partial charge in [-0.25, -0.2) is 10.3 Å². The van der Waals surface area contributed by atoms with Gasteiger partial charge < -0.3 is 5.11 Å². The lowest BCUT2D eigenvalue weighted by Crippen LogP contribution is -2.54. The summed E-state index contributed by atoms with van der Waals surface area (Å²) >= 11 is 12.6. The Labute approximate surface area is 259 Å². The third kappa shape index (κ3) is 3.81. The van der Waals surface area contributed by atoms with E-state index in [1.807, 2.05) is 48.5 Å². The predicted molar refractivity (Wildman–Crippen MR) is 162 cm³/mol. The molecule has 0 aromatic heterocycles. The number of halogens is 2. The lowest BCUT2D eigenvalue weighted by atomic mass is 9.47. The Balaban J connectivity index is 1.38. The molecular weight excluding hydrogens is 607 g/mol. The Bertz CT molecular complexity index is 1930. The van der Waals surface area contributed by atoms with E-state index in [-0.39, 0.29) is 22.0 Å². The summed E-state index contributed by atoms with van der Waals surface area (Å²) in [6.45, 7) is 0. The number of benzene rings is 4. The van der Waals surface area contributed by atoms with Gasteiger partial charge in [0, 0.05) is 29.3 Å².